The summed E-state index contributed by atoms with van der Waals surface area (Å²) in [6.07, 6.45) is 3.98. The lowest BCUT2D eigenvalue weighted by Gasteiger charge is -2.10. The van der Waals surface area contributed by atoms with Crippen LogP contribution in [0.3, 0.4) is 0 Å². The maximum atomic E-state index is 15.0. The van der Waals surface area contributed by atoms with Crippen molar-refractivity contribution in [3.63, 3.8) is 0 Å². The highest BCUT2D eigenvalue weighted by Gasteiger charge is 2.13. The average Bonchev–Trinajstić information content (AvgIpc) is 2.89. The van der Waals surface area contributed by atoms with E-state index in [9.17, 15) is 22.8 Å². The van der Waals surface area contributed by atoms with Crippen LogP contribution in [0.25, 0.3) is 22.3 Å². The molecule has 0 atom stereocenters. The summed E-state index contributed by atoms with van der Waals surface area (Å²) in [4.78, 5) is 22.6. The van der Waals surface area contributed by atoms with E-state index in [0.29, 0.717) is 0 Å². The summed E-state index contributed by atoms with van der Waals surface area (Å²) >= 11 is 0. The SMILES string of the molecule is C=C(C)C(=O)OC=COc1ccc(-c2ccc(-c3ccc(OC=COC(=O)C(=C)C)c(F)c3)c(F)c2)c(F)c1. The second-order valence-electron chi connectivity index (χ2n) is 8.13. The highest BCUT2D eigenvalue weighted by atomic mass is 19.1. The molecule has 0 aliphatic heterocycles. The molecule has 0 heterocycles. The first-order valence-corrected chi connectivity index (χ1v) is 11.3. The van der Waals surface area contributed by atoms with Gasteiger partial charge in [0, 0.05) is 28.3 Å². The molecule has 200 valence electrons. The number of ether oxygens (including phenoxy) is 4. The fourth-order valence-electron chi connectivity index (χ4n) is 3.07. The number of hydrogen-bond donors (Lipinski definition) is 0. The highest BCUT2D eigenvalue weighted by molar-refractivity contribution is 5.87. The lowest BCUT2D eigenvalue weighted by molar-refractivity contribution is -0.134. The third-order valence-electron chi connectivity index (χ3n) is 5.02. The molecule has 3 aromatic carbocycles. The molecule has 3 rings (SSSR count). The van der Waals surface area contributed by atoms with Gasteiger partial charge in [-0.25, -0.2) is 22.8 Å². The Kier molecular flexibility index (Phi) is 9.48. The topological polar surface area (TPSA) is 71.1 Å². The molecular formula is C30H23F3O6. The molecule has 0 unspecified atom stereocenters. The zero-order valence-corrected chi connectivity index (χ0v) is 21.0. The Balaban J connectivity index is 1.70. The second-order valence-corrected chi connectivity index (χ2v) is 8.13. The summed E-state index contributed by atoms with van der Waals surface area (Å²) in [6, 6.07) is 11.8. The maximum Gasteiger partial charge on any atom is 0.338 e. The van der Waals surface area contributed by atoms with Gasteiger partial charge in [0.1, 0.15) is 42.4 Å². The van der Waals surface area contributed by atoms with Crippen LogP contribution in [0.15, 0.2) is 104 Å². The van der Waals surface area contributed by atoms with E-state index in [2.05, 4.69) is 13.2 Å². The monoisotopic (exact) mass is 536 g/mol. The van der Waals surface area contributed by atoms with Gasteiger partial charge in [-0.1, -0.05) is 31.4 Å². The predicted molar refractivity (Wildman–Crippen MR) is 139 cm³/mol. The van der Waals surface area contributed by atoms with Gasteiger partial charge in [-0.2, -0.15) is 0 Å². The van der Waals surface area contributed by atoms with Gasteiger partial charge < -0.3 is 18.9 Å². The minimum atomic E-state index is -0.781. The number of carbonyl (C=O) groups is 2. The van der Waals surface area contributed by atoms with E-state index < -0.39 is 29.4 Å². The van der Waals surface area contributed by atoms with E-state index in [1.54, 1.807) is 0 Å². The molecule has 0 saturated carbocycles. The molecule has 0 aromatic heterocycles. The zero-order chi connectivity index (χ0) is 28.5. The minimum absolute atomic E-state index is 0.0879. The Morgan fingerprint density at radius 2 is 1.13 bits per heavy atom. The maximum absolute atomic E-state index is 15.0. The Morgan fingerprint density at radius 3 is 1.64 bits per heavy atom. The van der Waals surface area contributed by atoms with Crippen molar-refractivity contribution in [3.8, 4) is 33.8 Å². The Morgan fingerprint density at radius 1 is 0.641 bits per heavy atom. The Hall–Kier alpha value is -5.05. The fourth-order valence-corrected chi connectivity index (χ4v) is 3.07. The van der Waals surface area contributed by atoms with Crippen LogP contribution in [0, 0.1) is 17.5 Å². The number of benzene rings is 3. The van der Waals surface area contributed by atoms with Crippen molar-refractivity contribution < 1.29 is 41.7 Å². The Labute approximate surface area is 222 Å². The summed E-state index contributed by atoms with van der Waals surface area (Å²) in [6.45, 7) is 9.81. The fraction of sp³-hybridized carbons (Fsp3) is 0.0667. The van der Waals surface area contributed by atoms with E-state index in [1.807, 2.05) is 0 Å². The van der Waals surface area contributed by atoms with Gasteiger partial charge in [0.05, 0.1) is 0 Å². The molecule has 39 heavy (non-hydrogen) atoms. The molecule has 0 aliphatic rings. The summed E-state index contributed by atoms with van der Waals surface area (Å²) in [5.74, 6) is -3.51. The van der Waals surface area contributed by atoms with E-state index in [4.69, 9.17) is 18.9 Å². The molecule has 3 aromatic rings. The molecule has 9 heteroatoms. The zero-order valence-electron chi connectivity index (χ0n) is 21.0. The third kappa shape index (κ3) is 7.72. The first-order valence-electron chi connectivity index (χ1n) is 11.3. The first kappa shape index (κ1) is 28.5. The van der Waals surface area contributed by atoms with Crippen molar-refractivity contribution in [1.82, 2.24) is 0 Å². The molecule has 0 saturated heterocycles. The normalized spacial score (nSPS) is 10.9. The number of hydrogen-bond acceptors (Lipinski definition) is 6. The lowest BCUT2D eigenvalue weighted by atomic mass is 9.99. The summed E-state index contributed by atoms with van der Waals surface area (Å²) < 4.78 is 63.9. The van der Waals surface area contributed by atoms with Crippen molar-refractivity contribution in [2.24, 2.45) is 0 Å². The largest absolute Gasteiger partial charge is 0.462 e. The standard InChI is InChI=1S/C30H23F3O6/c1-18(2)29(34)38-13-11-36-22-7-9-24(26(32)17-22)20-5-8-23(25(31)15-20)21-6-10-28(27(33)16-21)37-12-14-39-30(35)19(3)4/h5-17H,1,3H2,2,4H3. The van der Waals surface area contributed by atoms with E-state index in [0.717, 1.165) is 43.2 Å². The van der Waals surface area contributed by atoms with Crippen molar-refractivity contribution in [1.29, 1.82) is 0 Å². The molecule has 0 bridgehead atoms. The number of esters is 2. The van der Waals surface area contributed by atoms with Crippen LogP contribution in [-0.4, -0.2) is 11.9 Å². The van der Waals surface area contributed by atoms with Gasteiger partial charge in [0.2, 0.25) is 0 Å². The van der Waals surface area contributed by atoms with Crippen molar-refractivity contribution in [2.45, 2.75) is 13.8 Å². The molecule has 0 aliphatic carbocycles. The summed E-state index contributed by atoms with van der Waals surface area (Å²) in [7, 11) is 0. The molecule has 0 spiro atoms. The molecule has 0 radical (unpaired) electrons. The molecular weight excluding hydrogens is 513 g/mol. The van der Waals surface area contributed by atoms with Crippen LogP contribution in [-0.2, 0) is 19.1 Å². The number of rotatable bonds is 10. The number of halogens is 3. The van der Waals surface area contributed by atoms with E-state index in [1.165, 1.54) is 50.2 Å². The number of carbonyl (C=O) groups excluding carboxylic acids is 2. The first-order chi connectivity index (χ1) is 18.6. The molecule has 0 amide bonds. The van der Waals surface area contributed by atoms with Crippen LogP contribution in [0.4, 0.5) is 13.2 Å². The van der Waals surface area contributed by atoms with Crippen molar-refractivity contribution in [3.05, 3.63) is 121 Å². The van der Waals surface area contributed by atoms with Crippen LogP contribution in [0.2, 0.25) is 0 Å². The lowest BCUT2D eigenvalue weighted by Crippen LogP contribution is -1.99. The summed E-state index contributed by atoms with van der Waals surface area (Å²) in [5.41, 5.74) is 1.07. The van der Waals surface area contributed by atoms with Crippen LogP contribution in [0.5, 0.6) is 11.5 Å². The Bertz CT molecular complexity index is 1490. The smallest absolute Gasteiger partial charge is 0.338 e. The molecule has 0 N–H and O–H groups in total. The van der Waals surface area contributed by atoms with Gasteiger partial charge >= 0.3 is 11.9 Å². The van der Waals surface area contributed by atoms with E-state index >= 15 is 0 Å². The third-order valence-corrected chi connectivity index (χ3v) is 5.02. The van der Waals surface area contributed by atoms with Crippen molar-refractivity contribution in [2.75, 3.05) is 0 Å². The predicted octanol–water partition coefficient (Wildman–Crippen LogP) is 7.38. The van der Waals surface area contributed by atoms with Gasteiger partial charge in [-0.3, -0.25) is 0 Å². The minimum Gasteiger partial charge on any atom is -0.462 e. The quantitative estimate of drug-likeness (QED) is 0.153. The van der Waals surface area contributed by atoms with Gasteiger partial charge in [-0.15, -0.1) is 0 Å². The molecule has 0 fully saturated rings. The summed E-state index contributed by atoms with van der Waals surface area (Å²) in [5, 5.41) is 0. The van der Waals surface area contributed by atoms with Gasteiger partial charge in [-0.05, 0) is 55.3 Å². The van der Waals surface area contributed by atoms with Crippen LogP contribution in [0.1, 0.15) is 13.8 Å². The van der Waals surface area contributed by atoms with Gasteiger partial charge in [0.25, 0.3) is 0 Å². The molecule has 6 nitrogen and oxygen atoms in total. The van der Waals surface area contributed by atoms with E-state index in [-0.39, 0.29) is 44.9 Å². The van der Waals surface area contributed by atoms with Gasteiger partial charge in [0.15, 0.2) is 11.6 Å². The van der Waals surface area contributed by atoms with Crippen molar-refractivity contribution >= 4 is 11.9 Å². The highest BCUT2D eigenvalue weighted by Crippen LogP contribution is 2.32. The van der Waals surface area contributed by atoms with Crippen LogP contribution >= 0.6 is 0 Å². The second kappa shape index (κ2) is 13.0. The van der Waals surface area contributed by atoms with Crippen LogP contribution < -0.4 is 9.47 Å². The average molecular weight is 537 g/mol.